The minimum absolute atomic E-state index is 0.365. The number of hydrogen-bond acceptors (Lipinski definition) is 5. The molecule has 0 bridgehead atoms. The third-order valence-electron chi connectivity index (χ3n) is 3.12. The van der Waals surface area contributed by atoms with E-state index in [2.05, 4.69) is 25.9 Å². The van der Waals surface area contributed by atoms with Gasteiger partial charge in [0.15, 0.2) is 5.69 Å². The average molecular weight is 363 g/mol. The minimum atomic E-state index is -0.413. The van der Waals surface area contributed by atoms with Gasteiger partial charge in [-0.3, -0.25) is 4.98 Å². The Bertz CT molecular complexity index is 845. The highest BCUT2D eigenvalue weighted by Gasteiger charge is 2.18. The lowest BCUT2D eigenvalue weighted by Gasteiger charge is -2.04. The van der Waals surface area contributed by atoms with Crippen molar-refractivity contribution in [3.05, 3.63) is 45.5 Å². The van der Waals surface area contributed by atoms with Crippen LogP contribution in [0.15, 0.2) is 34.9 Å². The van der Waals surface area contributed by atoms with E-state index in [0.717, 1.165) is 30.8 Å². The topological polar surface area (TPSA) is 52.1 Å². The molecule has 2 heterocycles. The lowest BCUT2D eigenvalue weighted by Crippen LogP contribution is -2.03. The van der Waals surface area contributed by atoms with Gasteiger partial charge in [0.2, 0.25) is 0 Å². The molecule has 1 aromatic carbocycles. The van der Waals surface area contributed by atoms with Crippen molar-refractivity contribution >= 4 is 44.1 Å². The summed E-state index contributed by atoms with van der Waals surface area (Å²) >= 11 is 4.99. The number of thiazole rings is 1. The zero-order chi connectivity index (χ0) is 15.0. The Hall–Kier alpha value is -1.79. The van der Waals surface area contributed by atoms with E-state index in [1.807, 2.05) is 31.2 Å². The zero-order valence-electron chi connectivity index (χ0n) is 11.4. The molecule has 3 aromatic rings. The number of esters is 1. The van der Waals surface area contributed by atoms with Crippen molar-refractivity contribution in [1.29, 1.82) is 0 Å². The molecule has 4 nitrogen and oxygen atoms in total. The van der Waals surface area contributed by atoms with E-state index in [0.29, 0.717) is 5.69 Å². The number of methoxy groups -OCH3 is 1. The zero-order valence-corrected chi connectivity index (χ0v) is 13.8. The predicted molar refractivity (Wildman–Crippen MR) is 86.6 cm³/mol. The summed E-state index contributed by atoms with van der Waals surface area (Å²) in [5.74, 6) is -0.413. The number of carbonyl (C=O) groups is 1. The molecule has 3 rings (SSSR count). The standard InChI is InChI=1S/C15H11BrN2O2S/c1-8-12(15(19)20-2)18-14(21-8)10-5-6-11(16)9-4-3-7-17-13(9)10/h3-7H,1-2H3. The second-order valence-corrected chi connectivity index (χ2v) is 6.47. The number of rotatable bonds is 2. The van der Waals surface area contributed by atoms with E-state index in [-0.39, 0.29) is 0 Å². The molecule has 106 valence electrons. The Morgan fingerprint density at radius 2 is 2.14 bits per heavy atom. The molecule has 0 spiro atoms. The van der Waals surface area contributed by atoms with Crippen LogP contribution in [0.25, 0.3) is 21.5 Å². The smallest absolute Gasteiger partial charge is 0.357 e. The molecule has 0 atom stereocenters. The van der Waals surface area contributed by atoms with Crippen LogP contribution in [0.5, 0.6) is 0 Å². The number of nitrogens with zero attached hydrogens (tertiary/aromatic N) is 2. The summed E-state index contributed by atoms with van der Waals surface area (Å²) in [7, 11) is 1.36. The predicted octanol–water partition coefficient (Wildman–Crippen LogP) is 4.22. The third kappa shape index (κ3) is 2.45. The van der Waals surface area contributed by atoms with E-state index >= 15 is 0 Å². The molecule has 0 saturated carbocycles. The molecule has 6 heteroatoms. The molecule has 0 unspecified atom stereocenters. The molecule has 2 aromatic heterocycles. The van der Waals surface area contributed by atoms with Gasteiger partial charge >= 0.3 is 5.97 Å². The number of aromatic nitrogens is 2. The molecule has 21 heavy (non-hydrogen) atoms. The maximum absolute atomic E-state index is 11.7. The Morgan fingerprint density at radius 3 is 2.90 bits per heavy atom. The van der Waals surface area contributed by atoms with Gasteiger partial charge in [-0.2, -0.15) is 0 Å². The Labute approximate surface area is 133 Å². The largest absolute Gasteiger partial charge is 0.464 e. The summed E-state index contributed by atoms with van der Waals surface area (Å²) in [6.45, 7) is 1.86. The molecule has 0 N–H and O–H groups in total. The molecule has 0 aliphatic heterocycles. The van der Waals surface area contributed by atoms with Crippen molar-refractivity contribution in [3.8, 4) is 10.6 Å². The quantitative estimate of drug-likeness (QED) is 0.640. The molecule has 0 aliphatic carbocycles. The first-order chi connectivity index (χ1) is 10.1. The number of ether oxygens (including phenoxy) is 1. The van der Waals surface area contributed by atoms with Crippen LogP contribution >= 0.6 is 27.3 Å². The highest BCUT2D eigenvalue weighted by Crippen LogP contribution is 2.35. The SMILES string of the molecule is COC(=O)c1nc(-c2ccc(Br)c3cccnc23)sc1C. The summed E-state index contributed by atoms with van der Waals surface area (Å²) in [5, 5.41) is 1.78. The lowest BCUT2D eigenvalue weighted by atomic mass is 10.1. The van der Waals surface area contributed by atoms with Crippen molar-refractivity contribution < 1.29 is 9.53 Å². The van der Waals surface area contributed by atoms with Gasteiger partial charge in [0.1, 0.15) is 5.01 Å². The Kier molecular flexibility index (Phi) is 3.73. The van der Waals surface area contributed by atoms with Crippen molar-refractivity contribution in [2.24, 2.45) is 0 Å². The van der Waals surface area contributed by atoms with Crippen LogP contribution in [0.1, 0.15) is 15.4 Å². The fourth-order valence-electron chi connectivity index (χ4n) is 2.11. The number of halogens is 1. The van der Waals surface area contributed by atoms with Gasteiger partial charge in [-0.15, -0.1) is 11.3 Å². The molecule has 0 aliphatic rings. The Balaban J connectivity index is 2.22. The fraction of sp³-hybridized carbons (Fsp3) is 0.133. The van der Waals surface area contributed by atoms with Crippen molar-refractivity contribution in [1.82, 2.24) is 9.97 Å². The van der Waals surface area contributed by atoms with Gasteiger partial charge in [0, 0.05) is 26.5 Å². The van der Waals surface area contributed by atoms with Crippen molar-refractivity contribution in [3.63, 3.8) is 0 Å². The summed E-state index contributed by atoms with van der Waals surface area (Å²) in [5.41, 5.74) is 2.14. The molecule has 0 saturated heterocycles. The van der Waals surface area contributed by atoms with Gasteiger partial charge in [-0.05, 0) is 25.1 Å². The number of pyridine rings is 1. The maximum atomic E-state index is 11.7. The van der Waals surface area contributed by atoms with Gasteiger partial charge in [-0.25, -0.2) is 9.78 Å². The van der Waals surface area contributed by atoms with Crippen LogP contribution < -0.4 is 0 Å². The van der Waals surface area contributed by atoms with Crippen LogP contribution in [-0.2, 0) is 4.74 Å². The maximum Gasteiger partial charge on any atom is 0.357 e. The van der Waals surface area contributed by atoms with Crippen LogP contribution in [0.3, 0.4) is 0 Å². The third-order valence-corrected chi connectivity index (χ3v) is 4.82. The summed E-state index contributed by atoms with van der Waals surface area (Å²) in [6, 6.07) is 7.81. The van der Waals surface area contributed by atoms with Crippen LogP contribution in [0, 0.1) is 6.92 Å². The summed E-state index contributed by atoms with van der Waals surface area (Å²) in [6.07, 6.45) is 1.75. The van der Waals surface area contributed by atoms with Crippen LogP contribution in [0.4, 0.5) is 0 Å². The van der Waals surface area contributed by atoms with Gasteiger partial charge < -0.3 is 4.74 Å². The average Bonchev–Trinajstić information content (AvgIpc) is 2.89. The normalized spacial score (nSPS) is 10.8. The van der Waals surface area contributed by atoms with E-state index in [4.69, 9.17) is 4.74 Å². The minimum Gasteiger partial charge on any atom is -0.464 e. The molecular formula is C15H11BrN2O2S. The first-order valence-electron chi connectivity index (χ1n) is 6.21. The van der Waals surface area contributed by atoms with Crippen molar-refractivity contribution in [2.75, 3.05) is 7.11 Å². The molecule has 0 radical (unpaired) electrons. The summed E-state index contributed by atoms with van der Waals surface area (Å²) < 4.78 is 5.74. The highest BCUT2D eigenvalue weighted by molar-refractivity contribution is 9.10. The van der Waals surface area contributed by atoms with Gasteiger partial charge in [0.25, 0.3) is 0 Å². The molecule has 0 amide bonds. The van der Waals surface area contributed by atoms with Gasteiger partial charge in [0.05, 0.1) is 12.6 Å². The molecule has 0 fully saturated rings. The van der Waals surface area contributed by atoms with Crippen LogP contribution in [-0.4, -0.2) is 23.0 Å². The van der Waals surface area contributed by atoms with Gasteiger partial charge in [-0.1, -0.05) is 22.0 Å². The number of aryl methyl sites for hydroxylation is 1. The van der Waals surface area contributed by atoms with Crippen molar-refractivity contribution in [2.45, 2.75) is 6.92 Å². The van der Waals surface area contributed by atoms with E-state index in [9.17, 15) is 4.79 Å². The highest BCUT2D eigenvalue weighted by atomic mass is 79.9. The van der Waals surface area contributed by atoms with Crippen LogP contribution in [0.2, 0.25) is 0 Å². The second kappa shape index (κ2) is 5.54. The molecular weight excluding hydrogens is 352 g/mol. The number of hydrogen-bond donors (Lipinski definition) is 0. The number of benzene rings is 1. The van der Waals surface area contributed by atoms with E-state index in [1.54, 1.807) is 6.20 Å². The first-order valence-corrected chi connectivity index (χ1v) is 7.82. The number of fused-ring (bicyclic) bond motifs is 1. The monoisotopic (exact) mass is 362 g/mol. The van der Waals surface area contributed by atoms with E-state index in [1.165, 1.54) is 18.4 Å². The first kappa shape index (κ1) is 14.2. The Morgan fingerprint density at radius 1 is 1.33 bits per heavy atom. The summed E-state index contributed by atoms with van der Waals surface area (Å²) in [4.78, 5) is 21.4. The second-order valence-electron chi connectivity index (χ2n) is 4.41. The number of carbonyl (C=O) groups excluding carboxylic acids is 1. The van der Waals surface area contributed by atoms with E-state index < -0.39 is 5.97 Å². The fourth-order valence-corrected chi connectivity index (χ4v) is 3.49. The lowest BCUT2D eigenvalue weighted by molar-refractivity contribution is 0.0594.